The van der Waals surface area contributed by atoms with E-state index < -0.39 is 0 Å². The molecule has 0 bridgehead atoms. The first-order valence-corrected chi connectivity index (χ1v) is 6.97. The van der Waals surface area contributed by atoms with Crippen molar-refractivity contribution in [2.75, 3.05) is 5.73 Å². The van der Waals surface area contributed by atoms with E-state index in [9.17, 15) is 0 Å². The van der Waals surface area contributed by atoms with Crippen LogP contribution in [0.5, 0.6) is 0 Å². The summed E-state index contributed by atoms with van der Waals surface area (Å²) in [5.74, 6) is 0. The third kappa shape index (κ3) is 2.58. The summed E-state index contributed by atoms with van der Waals surface area (Å²) in [6, 6.07) is 15.2. The number of nitrogens with zero attached hydrogens (tertiary/aromatic N) is 1. The van der Waals surface area contributed by atoms with Crippen LogP contribution in [0.2, 0.25) is 10.0 Å². The molecule has 0 amide bonds. The van der Waals surface area contributed by atoms with Gasteiger partial charge in [0.1, 0.15) is 0 Å². The van der Waals surface area contributed by atoms with Gasteiger partial charge in [-0.1, -0.05) is 41.4 Å². The van der Waals surface area contributed by atoms with Crippen molar-refractivity contribution in [3.05, 3.63) is 69.8 Å². The van der Waals surface area contributed by atoms with Crippen LogP contribution in [0, 0.1) is 0 Å². The Bertz CT molecular complexity index is 767. The van der Waals surface area contributed by atoms with Gasteiger partial charge in [-0.2, -0.15) is 0 Å². The highest BCUT2D eigenvalue weighted by molar-refractivity contribution is 6.36. The van der Waals surface area contributed by atoms with Gasteiger partial charge in [-0.05, 0) is 35.9 Å². The summed E-state index contributed by atoms with van der Waals surface area (Å²) in [5, 5.41) is 2.17. The van der Waals surface area contributed by atoms with E-state index in [1.807, 2.05) is 48.5 Å². The summed E-state index contributed by atoms with van der Waals surface area (Å²) in [5.41, 5.74) is 9.25. The Morgan fingerprint density at radius 2 is 1.70 bits per heavy atom. The molecule has 0 fully saturated rings. The van der Waals surface area contributed by atoms with Crippen molar-refractivity contribution in [2.24, 2.45) is 0 Å². The third-order valence-corrected chi connectivity index (χ3v) is 3.84. The van der Waals surface area contributed by atoms with Crippen molar-refractivity contribution in [3.63, 3.8) is 0 Å². The van der Waals surface area contributed by atoms with Crippen LogP contribution in [-0.4, -0.2) is 4.98 Å². The fraction of sp³-hybridized carbons (Fsp3) is 0.0625. The maximum Gasteiger partial charge on any atom is 0.0721 e. The second-order valence-corrected chi connectivity index (χ2v) is 5.46. The molecule has 0 radical (unpaired) electrons. The van der Waals surface area contributed by atoms with Crippen LogP contribution >= 0.6 is 23.2 Å². The van der Waals surface area contributed by atoms with Gasteiger partial charge in [0.15, 0.2) is 0 Å². The molecule has 20 heavy (non-hydrogen) atoms. The Kier molecular flexibility index (Phi) is 3.51. The van der Waals surface area contributed by atoms with E-state index in [2.05, 4.69) is 4.98 Å². The van der Waals surface area contributed by atoms with Gasteiger partial charge in [-0.25, -0.2) is 0 Å². The first kappa shape index (κ1) is 13.2. The van der Waals surface area contributed by atoms with Gasteiger partial charge in [0.05, 0.1) is 21.3 Å². The van der Waals surface area contributed by atoms with Crippen LogP contribution in [0.4, 0.5) is 5.69 Å². The number of nitrogens with two attached hydrogens (primary N) is 1. The molecule has 0 spiro atoms. The highest BCUT2D eigenvalue weighted by Crippen LogP contribution is 2.28. The lowest BCUT2D eigenvalue weighted by Crippen LogP contribution is -1.95. The average Bonchev–Trinajstić information content (AvgIpc) is 2.43. The number of benzene rings is 2. The van der Waals surface area contributed by atoms with E-state index in [0.29, 0.717) is 16.5 Å². The molecule has 2 nitrogen and oxygen atoms in total. The number of halogens is 2. The molecule has 3 rings (SSSR count). The van der Waals surface area contributed by atoms with E-state index >= 15 is 0 Å². The number of fused-ring (bicyclic) bond motifs is 1. The number of hydrogen-bond donors (Lipinski definition) is 1. The Morgan fingerprint density at radius 3 is 2.45 bits per heavy atom. The highest BCUT2D eigenvalue weighted by Gasteiger charge is 2.08. The highest BCUT2D eigenvalue weighted by atomic mass is 35.5. The summed E-state index contributed by atoms with van der Waals surface area (Å²) in [7, 11) is 0. The average molecular weight is 303 g/mol. The van der Waals surface area contributed by atoms with Crippen LogP contribution in [0.25, 0.3) is 10.9 Å². The van der Waals surface area contributed by atoms with Gasteiger partial charge >= 0.3 is 0 Å². The standard InChI is InChI=1S/C16H12Cl2N2/c17-13-2-1-3-15-12(13)9-14(18)16(20-15)8-10-4-6-11(19)7-5-10/h1-7,9H,8,19H2. The van der Waals surface area contributed by atoms with Crippen molar-refractivity contribution < 1.29 is 0 Å². The molecule has 0 unspecified atom stereocenters. The molecule has 0 saturated heterocycles. The van der Waals surface area contributed by atoms with Gasteiger partial charge < -0.3 is 5.73 Å². The van der Waals surface area contributed by atoms with Crippen molar-refractivity contribution in [2.45, 2.75) is 6.42 Å². The number of pyridine rings is 1. The Hall–Kier alpha value is -1.77. The maximum absolute atomic E-state index is 6.31. The molecule has 100 valence electrons. The van der Waals surface area contributed by atoms with Crippen molar-refractivity contribution in [3.8, 4) is 0 Å². The van der Waals surface area contributed by atoms with E-state index in [1.165, 1.54) is 0 Å². The second kappa shape index (κ2) is 5.31. The van der Waals surface area contributed by atoms with E-state index in [-0.39, 0.29) is 0 Å². The fourth-order valence-corrected chi connectivity index (χ4v) is 2.57. The summed E-state index contributed by atoms with van der Waals surface area (Å²) in [6.07, 6.45) is 0.668. The van der Waals surface area contributed by atoms with Gasteiger partial charge in [-0.3, -0.25) is 4.98 Å². The van der Waals surface area contributed by atoms with E-state index in [0.717, 1.165) is 27.8 Å². The smallest absolute Gasteiger partial charge is 0.0721 e. The molecule has 1 aromatic heterocycles. The number of aromatic nitrogens is 1. The molecule has 0 saturated carbocycles. The van der Waals surface area contributed by atoms with Gasteiger partial charge in [0, 0.05) is 17.5 Å². The normalized spacial score (nSPS) is 10.9. The molecule has 2 aromatic carbocycles. The quantitative estimate of drug-likeness (QED) is 0.696. The lowest BCUT2D eigenvalue weighted by Gasteiger charge is -2.07. The molecule has 3 aromatic rings. The van der Waals surface area contributed by atoms with Gasteiger partial charge in [0.25, 0.3) is 0 Å². The Morgan fingerprint density at radius 1 is 0.950 bits per heavy atom. The summed E-state index contributed by atoms with van der Waals surface area (Å²) in [4.78, 5) is 4.61. The van der Waals surface area contributed by atoms with Crippen LogP contribution in [0.15, 0.2) is 48.5 Å². The first-order chi connectivity index (χ1) is 9.63. The second-order valence-electron chi connectivity index (χ2n) is 4.64. The third-order valence-electron chi connectivity index (χ3n) is 3.18. The van der Waals surface area contributed by atoms with Crippen molar-refractivity contribution in [1.29, 1.82) is 0 Å². The van der Waals surface area contributed by atoms with Crippen LogP contribution in [-0.2, 0) is 6.42 Å². The number of hydrogen-bond acceptors (Lipinski definition) is 2. The molecule has 4 heteroatoms. The predicted molar refractivity (Wildman–Crippen MR) is 85.4 cm³/mol. The topological polar surface area (TPSA) is 38.9 Å². The van der Waals surface area contributed by atoms with Gasteiger partial charge in [0.2, 0.25) is 0 Å². The molecule has 1 heterocycles. The van der Waals surface area contributed by atoms with E-state index in [1.54, 1.807) is 0 Å². The largest absolute Gasteiger partial charge is 0.399 e. The lowest BCUT2D eigenvalue weighted by molar-refractivity contribution is 1.10. The molecular formula is C16H12Cl2N2. The first-order valence-electron chi connectivity index (χ1n) is 6.21. The summed E-state index contributed by atoms with van der Waals surface area (Å²) >= 11 is 12.5. The fourth-order valence-electron chi connectivity index (χ4n) is 2.13. The zero-order valence-corrected chi connectivity index (χ0v) is 12.1. The van der Waals surface area contributed by atoms with Crippen molar-refractivity contribution in [1.82, 2.24) is 4.98 Å². The molecular weight excluding hydrogens is 291 g/mol. The van der Waals surface area contributed by atoms with E-state index in [4.69, 9.17) is 28.9 Å². The minimum atomic E-state index is 0.627. The van der Waals surface area contributed by atoms with Crippen molar-refractivity contribution >= 4 is 39.8 Å². The summed E-state index contributed by atoms with van der Waals surface area (Å²) < 4.78 is 0. The molecule has 0 aliphatic heterocycles. The van der Waals surface area contributed by atoms with Crippen LogP contribution < -0.4 is 5.73 Å². The zero-order valence-electron chi connectivity index (χ0n) is 10.6. The molecule has 0 aliphatic carbocycles. The van der Waals surface area contributed by atoms with Gasteiger partial charge in [-0.15, -0.1) is 0 Å². The SMILES string of the molecule is Nc1ccc(Cc2nc3cccc(Cl)c3cc2Cl)cc1. The number of nitrogen functional groups attached to an aromatic ring is 1. The summed E-state index contributed by atoms with van der Waals surface area (Å²) in [6.45, 7) is 0. The zero-order chi connectivity index (χ0) is 14.1. The molecule has 2 N–H and O–H groups in total. The minimum absolute atomic E-state index is 0.627. The molecule has 0 atom stereocenters. The number of rotatable bonds is 2. The Labute approximate surface area is 127 Å². The molecule has 0 aliphatic rings. The van der Waals surface area contributed by atoms with Crippen LogP contribution in [0.1, 0.15) is 11.3 Å². The lowest BCUT2D eigenvalue weighted by atomic mass is 10.1. The Balaban J connectivity index is 2.03. The number of anilines is 1. The maximum atomic E-state index is 6.31. The monoisotopic (exact) mass is 302 g/mol. The predicted octanol–water partition coefficient (Wildman–Crippen LogP) is 4.71. The van der Waals surface area contributed by atoms with Crippen LogP contribution in [0.3, 0.4) is 0 Å². The minimum Gasteiger partial charge on any atom is -0.399 e.